The zero-order valence-electron chi connectivity index (χ0n) is 10.1. The molecular weight excluding hydrogens is 290 g/mol. The molecule has 0 saturated carbocycles. The van der Waals surface area contributed by atoms with Crippen LogP contribution < -0.4 is 10.6 Å². The molecule has 0 radical (unpaired) electrons. The van der Waals surface area contributed by atoms with E-state index in [2.05, 4.69) is 15.2 Å². The smallest absolute Gasteiger partial charge is 0.247 e. The average molecular weight is 302 g/mol. The molecule has 102 valence electrons. The molecule has 0 aliphatic rings. The molecule has 1 aromatic carbocycles. The Morgan fingerprint density at radius 3 is 2.53 bits per heavy atom. The number of rotatable bonds is 6. The van der Waals surface area contributed by atoms with Crippen molar-refractivity contribution in [1.29, 1.82) is 0 Å². The highest BCUT2D eigenvalue weighted by molar-refractivity contribution is 7.97. The van der Waals surface area contributed by atoms with E-state index in [1.54, 1.807) is 24.3 Å². The first-order valence-corrected chi connectivity index (χ1v) is 6.63. The molecule has 8 heteroatoms. The van der Waals surface area contributed by atoms with E-state index in [9.17, 15) is 14.5 Å². The van der Waals surface area contributed by atoms with E-state index >= 15 is 0 Å². The van der Waals surface area contributed by atoms with E-state index in [1.807, 2.05) is 0 Å². The minimum absolute atomic E-state index is 0.0719. The average Bonchev–Trinajstić information content (AvgIpc) is 2.36. The van der Waals surface area contributed by atoms with Gasteiger partial charge in [0.15, 0.2) is 0 Å². The molecule has 0 aliphatic heterocycles. The molecule has 2 amide bonds. The van der Waals surface area contributed by atoms with Crippen LogP contribution in [0.1, 0.15) is 6.92 Å². The first kappa shape index (κ1) is 15.5. The standard InChI is InChI=1S/C11H12ClN3O3S/c1-7(16)13-10(6-19-15-18)11(17)14-9-4-2-8(12)3-5-9/h2-5,10H,6H2,1H3,(H,13,16)(H,14,17). The van der Waals surface area contributed by atoms with Crippen molar-refractivity contribution in [1.82, 2.24) is 5.32 Å². The minimum Gasteiger partial charge on any atom is -0.344 e. The van der Waals surface area contributed by atoms with Gasteiger partial charge in [-0.3, -0.25) is 9.59 Å². The Morgan fingerprint density at radius 1 is 1.37 bits per heavy atom. The second-order valence-electron chi connectivity index (χ2n) is 3.62. The van der Waals surface area contributed by atoms with Gasteiger partial charge in [-0.1, -0.05) is 11.6 Å². The molecule has 1 aromatic rings. The summed E-state index contributed by atoms with van der Waals surface area (Å²) in [6.07, 6.45) is 0. The molecule has 0 spiro atoms. The predicted molar refractivity (Wildman–Crippen MR) is 75.9 cm³/mol. The third-order valence-electron chi connectivity index (χ3n) is 2.10. The molecule has 0 aromatic heterocycles. The van der Waals surface area contributed by atoms with Gasteiger partial charge in [-0.05, 0) is 24.3 Å². The monoisotopic (exact) mass is 301 g/mol. The lowest BCUT2D eigenvalue weighted by Gasteiger charge is -2.15. The Morgan fingerprint density at radius 2 is 2.00 bits per heavy atom. The number of nitrogens with zero attached hydrogens (tertiary/aromatic N) is 1. The number of anilines is 1. The maximum atomic E-state index is 11.9. The van der Waals surface area contributed by atoms with E-state index in [-0.39, 0.29) is 11.7 Å². The van der Waals surface area contributed by atoms with Crippen molar-refractivity contribution in [3.05, 3.63) is 34.2 Å². The van der Waals surface area contributed by atoms with Crippen molar-refractivity contribution in [2.45, 2.75) is 13.0 Å². The second-order valence-corrected chi connectivity index (χ2v) is 4.80. The first-order valence-electron chi connectivity index (χ1n) is 5.31. The number of hydrogen-bond acceptors (Lipinski definition) is 5. The topological polar surface area (TPSA) is 87.6 Å². The van der Waals surface area contributed by atoms with E-state index < -0.39 is 11.9 Å². The third-order valence-corrected chi connectivity index (χ3v) is 2.94. The van der Waals surface area contributed by atoms with Crippen molar-refractivity contribution in [2.24, 2.45) is 4.58 Å². The maximum absolute atomic E-state index is 11.9. The SMILES string of the molecule is CC(=O)NC(CSN=O)C(=O)Nc1ccc(Cl)cc1. The van der Waals surface area contributed by atoms with Gasteiger partial charge in [0.1, 0.15) is 6.04 Å². The lowest BCUT2D eigenvalue weighted by atomic mass is 10.2. The molecule has 1 atom stereocenters. The normalized spacial score (nSPS) is 11.5. The summed E-state index contributed by atoms with van der Waals surface area (Å²) in [5.74, 6) is -0.709. The highest BCUT2D eigenvalue weighted by atomic mass is 35.5. The molecular formula is C11H12ClN3O3S. The van der Waals surface area contributed by atoms with Crippen LogP contribution in [0.3, 0.4) is 0 Å². The van der Waals surface area contributed by atoms with Crippen LogP contribution in [0.25, 0.3) is 0 Å². The van der Waals surface area contributed by atoms with E-state index in [4.69, 9.17) is 11.6 Å². The Labute approximate surface area is 119 Å². The number of benzene rings is 1. The summed E-state index contributed by atoms with van der Waals surface area (Å²) < 4.78 is 2.60. The van der Waals surface area contributed by atoms with E-state index in [0.717, 1.165) is 0 Å². The van der Waals surface area contributed by atoms with E-state index in [1.165, 1.54) is 6.92 Å². The summed E-state index contributed by atoms with van der Waals surface area (Å²) in [7, 11) is 0. The van der Waals surface area contributed by atoms with Gasteiger partial charge in [0, 0.05) is 39.9 Å². The van der Waals surface area contributed by atoms with Crippen LogP contribution in [0.2, 0.25) is 5.02 Å². The number of carbonyl (C=O) groups excluding carboxylic acids is 2. The van der Waals surface area contributed by atoms with Crippen LogP contribution in [0.5, 0.6) is 0 Å². The van der Waals surface area contributed by atoms with Crippen molar-refractivity contribution in [3.8, 4) is 0 Å². The maximum Gasteiger partial charge on any atom is 0.247 e. The predicted octanol–water partition coefficient (Wildman–Crippen LogP) is 2.20. The summed E-state index contributed by atoms with van der Waals surface area (Å²) >= 11 is 6.40. The third kappa shape index (κ3) is 5.71. The van der Waals surface area contributed by atoms with Crippen LogP contribution in [0.4, 0.5) is 5.69 Å². The highest BCUT2D eigenvalue weighted by Gasteiger charge is 2.19. The fourth-order valence-corrected chi connectivity index (χ4v) is 1.87. The molecule has 1 unspecified atom stereocenters. The van der Waals surface area contributed by atoms with Crippen LogP contribution in [-0.2, 0) is 9.59 Å². The molecule has 19 heavy (non-hydrogen) atoms. The van der Waals surface area contributed by atoms with Gasteiger partial charge >= 0.3 is 0 Å². The highest BCUT2D eigenvalue weighted by Crippen LogP contribution is 2.14. The molecule has 0 heterocycles. The second kappa shape index (κ2) is 7.75. The van der Waals surface area contributed by atoms with Gasteiger partial charge in [-0.15, -0.1) is 4.91 Å². The van der Waals surface area contributed by atoms with Gasteiger partial charge in [0.05, 0.1) is 0 Å². The lowest BCUT2D eigenvalue weighted by Crippen LogP contribution is -2.44. The summed E-state index contributed by atoms with van der Waals surface area (Å²) in [4.78, 5) is 33.0. The largest absolute Gasteiger partial charge is 0.344 e. The minimum atomic E-state index is -0.823. The van der Waals surface area contributed by atoms with Crippen LogP contribution in [-0.4, -0.2) is 23.6 Å². The number of nitrogens with one attached hydrogen (secondary N) is 2. The van der Waals surface area contributed by atoms with E-state index in [0.29, 0.717) is 22.7 Å². The van der Waals surface area contributed by atoms with Gasteiger partial charge < -0.3 is 10.6 Å². The number of nitroso groups, excluding NO2 is 1. The molecule has 2 N–H and O–H groups in total. The zero-order chi connectivity index (χ0) is 14.3. The first-order chi connectivity index (χ1) is 9.02. The van der Waals surface area contributed by atoms with Crippen LogP contribution >= 0.6 is 23.5 Å². The molecule has 0 fully saturated rings. The fraction of sp³-hybridized carbons (Fsp3) is 0.273. The Balaban J connectivity index is 2.67. The number of carbonyl (C=O) groups is 2. The van der Waals surface area contributed by atoms with Crippen molar-refractivity contribution < 1.29 is 9.59 Å². The van der Waals surface area contributed by atoms with Crippen LogP contribution in [0, 0.1) is 4.91 Å². The molecule has 1 rings (SSSR count). The molecule has 0 bridgehead atoms. The lowest BCUT2D eigenvalue weighted by molar-refractivity contribution is -0.124. The summed E-state index contributed by atoms with van der Waals surface area (Å²) in [6, 6.07) is 5.71. The van der Waals surface area contributed by atoms with Crippen molar-refractivity contribution in [2.75, 3.05) is 11.1 Å². The van der Waals surface area contributed by atoms with Crippen molar-refractivity contribution in [3.63, 3.8) is 0 Å². The Hall–Kier alpha value is -1.60. The van der Waals surface area contributed by atoms with Gasteiger partial charge in [0.25, 0.3) is 0 Å². The number of halogens is 1. The molecule has 0 saturated heterocycles. The summed E-state index contributed by atoms with van der Waals surface area (Å²) in [5.41, 5.74) is 0.550. The van der Waals surface area contributed by atoms with Gasteiger partial charge in [-0.25, -0.2) is 0 Å². The van der Waals surface area contributed by atoms with Crippen molar-refractivity contribution >= 4 is 41.1 Å². The molecule has 6 nitrogen and oxygen atoms in total. The fourth-order valence-electron chi connectivity index (χ4n) is 1.30. The van der Waals surface area contributed by atoms with Gasteiger partial charge in [0.2, 0.25) is 11.8 Å². The number of amides is 2. The molecule has 0 aliphatic carbocycles. The van der Waals surface area contributed by atoms with Gasteiger partial charge in [-0.2, -0.15) is 0 Å². The quantitative estimate of drug-likeness (QED) is 0.623. The Bertz CT molecular complexity index is 467. The summed E-state index contributed by atoms with van der Waals surface area (Å²) in [5, 5.41) is 5.62. The number of hydrogen-bond donors (Lipinski definition) is 2. The zero-order valence-corrected chi connectivity index (χ0v) is 11.6. The summed E-state index contributed by atoms with van der Waals surface area (Å²) in [6.45, 7) is 1.29. The Kier molecular flexibility index (Phi) is 6.31. The van der Waals surface area contributed by atoms with Crippen LogP contribution in [0.15, 0.2) is 28.8 Å².